The second-order valence-electron chi connectivity index (χ2n) is 8.40. The summed E-state index contributed by atoms with van der Waals surface area (Å²) in [4.78, 5) is 9.55. The Morgan fingerprint density at radius 2 is 1.94 bits per heavy atom. The predicted molar refractivity (Wildman–Crippen MR) is 133 cm³/mol. The summed E-state index contributed by atoms with van der Waals surface area (Å²) in [5.74, 6) is 0.783. The Balaban J connectivity index is 1.51. The van der Waals surface area contributed by atoms with E-state index in [0.717, 1.165) is 32.2 Å². The van der Waals surface area contributed by atoms with Gasteiger partial charge in [-0.15, -0.1) is 0 Å². The third kappa shape index (κ3) is 4.00. The van der Waals surface area contributed by atoms with Gasteiger partial charge in [-0.3, -0.25) is 4.98 Å². The van der Waals surface area contributed by atoms with Gasteiger partial charge in [-0.25, -0.2) is 17.7 Å². The molecule has 1 aliphatic rings. The van der Waals surface area contributed by atoms with Crippen LogP contribution >= 0.6 is 15.9 Å². The topological polar surface area (TPSA) is 106 Å². The van der Waals surface area contributed by atoms with Gasteiger partial charge in [0, 0.05) is 41.7 Å². The Labute approximate surface area is 201 Å². The van der Waals surface area contributed by atoms with E-state index < -0.39 is 10.0 Å². The highest BCUT2D eigenvalue weighted by atomic mass is 79.9. The normalized spacial score (nSPS) is 16.1. The first-order valence-electron chi connectivity index (χ1n) is 11.0. The van der Waals surface area contributed by atoms with Gasteiger partial charge in [-0.05, 0) is 47.3 Å². The van der Waals surface area contributed by atoms with Crippen LogP contribution in [-0.4, -0.2) is 51.1 Å². The van der Waals surface area contributed by atoms with Crippen LogP contribution in [0.1, 0.15) is 37.8 Å². The van der Waals surface area contributed by atoms with E-state index in [-0.39, 0.29) is 11.7 Å². The number of piperidine rings is 1. The first-order chi connectivity index (χ1) is 15.9. The molecular formula is C23H25BrN6O2S. The monoisotopic (exact) mass is 528 g/mol. The first kappa shape index (κ1) is 22.2. The molecule has 2 N–H and O–H groups in total. The number of halogens is 1. The number of fused-ring (bicyclic) bond motifs is 2. The number of hydrogen-bond acceptors (Lipinski definition) is 6. The molecule has 0 atom stereocenters. The lowest BCUT2D eigenvalue weighted by molar-refractivity contribution is 0.316. The summed E-state index contributed by atoms with van der Waals surface area (Å²) in [6.45, 7) is 2.87. The van der Waals surface area contributed by atoms with Crippen molar-refractivity contribution in [3.05, 3.63) is 52.9 Å². The number of benzene rings is 1. The molecule has 4 aromatic rings. The van der Waals surface area contributed by atoms with Crippen LogP contribution in [0.5, 0.6) is 0 Å². The number of anilines is 1. The summed E-state index contributed by atoms with van der Waals surface area (Å²) in [6, 6.07) is 10.0. The number of pyridine rings is 1. The molecule has 0 amide bonds. The summed E-state index contributed by atoms with van der Waals surface area (Å²) in [7, 11) is -3.19. The fourth-order valence-corrected chi connectivity index (χ4v) is 6.62. The number of nitrogens with two attached hydrogens (primary N) is 1. The molecule has 4 heterocycles. The zero-order chi connectivity index (χ0) is 23.2. The number of rotatable bonds is 5. The Kier molecular flexibility index (Phi) is 5.84. The molecule has 0 spiro atoms. The van der Waals surface area contributed by atoms with Crippen LogP contribution in [0.3, 0.4) is 0 Å². The molecule has 10 heteroatoms. The van der Waals surface area contributed by atoms with Gasteiger partial charge < -0.3 is 5.73 Å². The zero-order valence-corrected chi connectivity index (χ0v) is 20.7. The van der Waals surface area contributed by atoms with Crippen LogP contribution in [0, 0.1) is 0 Å². The van der Waals surface area contributed by atoms with Crippen LogP contribution in [-0.2, 0) is 10.0 Å². The average Bonchev–Trinajstić information content (AvgIpc) is 3.25. The van der Waals surface area contributed by atoms with E-state index in [2.05, 4.69) is 32.1 Å². The van der Waals surface area contributed by atoms with Crippen LogP contribution in [0.2, 0.25) is 0 Å². The van der Waals surface area contributed by atoms with Crippen molar-refractivity contribution in [1.82, 2.24) is 23.9 Å². The van der Waals surface area contributed by atoms with Gasteiger partial charge in [0.15, 0.2) is 5.65 Å². The molecule has 8 nitrogen and oxygen atoms in total. The van der Waals surface area contributed by atoms with E-state index in [0.29, 0.717) is 43.8 Å². The summed E-state index contributed by atoms with van der Waals surface area (Å²) < 4.78 is 28.9. The second-order valence-corrected chi connectivity index (χ2v) is 11.3. The Bertz CT molecular complexity index is 1440. The third-order valence-electron chi connectivity index (χ3n) is 6.25. The maximum atomic E-state index is 12.4. The predicted octanol–water partition coefficient (Wildman–Crippen LogP) is 4.21. The van der Waals surface area contributed by atoms with E-state index in [4.69, 9.17) is 10.7 Å². The fourth-order valence-electron chi connectivity index (χ4n) is 4.50. The van der Waals surface area contributed by atoms with Crippen molar-refractivity contribution in [3.63, 3.8) is 0 Å². The smallest absolute Gasteiger partial charge is 0.214 e. The van der Waals surface area contributed by atoms with E-state index in [1.807, 2.05) is 37.4 Å². The molecule has 0 aliphatic carbocycles. The van der Waals surface area contributed by atoms with Gasteiger partial charge in [-0.1, -0.05) is 25.1 Å². The van der Waals surface area contributed by atoms with Gasteiger partial charge >= 0.3 is 0 Å². The second kappa shape index (κ2) is 8.66. The van der Waals surface area contributed by atoms with Crippen LogP contribution in [0.15, 0.2) is 47.2 Å². The van der Waals surface area contributed by atoms with E-state index in [1.165, 1.54) is 0 Å². The van der Waals surface area contributed by atoms with Crippen molar-refractivity contribution in [2.24, 2.45) is 0 Å². The van der Waals surface area contributed by atoms with Crippen LogP contribution in [0.25, 0.3) is 27.7 Å². The lowest BCUT2D eigenvalue weighted by Crippen LogP contribution is -2.39. The third-order valence-corrected chi connectivity index (χ3v) is 9.13. The molecule has 1 aromatic carbocycles. The Morgan fingerprint density at radius 3 is 2.70 bits per heavy atom. The van der Waals surface area contributed by atoms with E-state index in [9.17, 15) is 8.42 Å². The lowest BCUT2D eigenvalue weighted by atomic mass is 9.94. The van der Waals surface area contributed by atoms with Crippen molar-refractivity contribution in [3.8, 4) is 11.1 Å². The van der Waals surface area contributed by atoms with Crippen molar-refractivity contribution >= 4 is 48.3 Å². The van der Waals surface area contributed by atoms with Crippen LogP contribution in [0.4, 0.5) is 5.82 Å². The summed E-state index contributed by atoms with van der Waals surface area (Å²) in [5, 5.41) is 5.51. The van der Waals surface area contributed by atoms with E-state index >= 15 is 0 Å². The number of hydrogen-bond donors (Lipinski definition) is 1. The number of sulfonamides is 1. The SMILES string of the molecule is CCCS(=O)(=O)N1CCC(c2nc3c(-c4cnc5ccccc5c4)cnn3c(N)c2Br)CC1. The van der Waals surface area contributed by atoms with Gasteiger partial charge in [0.05, 0.1) is 27.6 Å². The molecule has 0 unspecified atom stereocenters. The zero-order valence-electron chi connectivity index (χ0n) is 18.3. The van der Waals surface area contributed by atoms with Crippen molar-refractivity contribution < 1.29 is 8.42 Å². The number of nitrogens with zero attached hydrogens (tertiary/aromatic N) is 5. The fraction of sp³-hybridized carbons (Fsp3) is 0.348. The molecule has 0 radical (unpaired) electrons. The summed E-state index contributed by atoms with van der Waals surface area (Å²) in [6.07, 6.45) is 5.61. The molecule has 1 saturated heterocycles. The average molecular weight is 529 g/mol. The van der Waals surface area contributed by atoms with Crippen molar-refractivity contribution in [2.45, 2.75) is 32.1 Å². The maximum Gasteiger partial charge on any atom is 0.214 e. The highest BCUT2D eigenvalue weighted by molar-refractivity contribution is 9.10. The number of aromatic nitrogens is 4. The summed E-state index contributed by atoms with van der Waals surface area (Å²) in [5.41, 5.74) is 10.7. The molecule has 33 heavy (non-hydrogen) atoms. The maximum absolute atomic E-state index is 12.4. The molecule has 5 rings (SSSR count). The molecular weight excluding hydrogens is 504 g/mol. The molecule has 172 valence electrons. The van der Waals surface area contributed by atoms with Gasteiger partial charge in [0.1, 0.15) is 5.82 Å². The minimum absolute atomic E-state index is 0.109. The van der Waals surface area contributed by atoms with Crippen LogP contribution < -0.4 is 5.73 Å². The number of nitrogen functional groups attached to an aromatic ring is 1. The Morgan fingerprint density at radius 1 is 1.18 bits per heavy atom. The van der Waals surface area contributed by atoms with Gasteiger partial charge in [0.2, 0.25) is 10.0 Å². The Hall–Kier alpha value is -2.56. The largest absolute Gasteiger partial charge is 0.383 e. The quantitative estimate of drug-likeness (QED) is 0.415. The minimum atomic E-state index is -3.19. The molecule has 0 bridgehead atoms. The minimum Gasteiger partial charge on any atom is -0.383 e. The molecule has 3 aromatic heterocycles. The highest BCUT2D eigenvalue weighted by Crippen LogP contribution is 2.37. The molecule has 1 fully saturated rings. The summed E-state index contributed by atoms with van der Waals surface area (Å²) >= 11 is 3.62. The van der Waals surface area contributed by atoms with Gasteiger partial charge in [-0.2, -0.15) is 9.61 Å². The van der Waals surface area contributed by atoms with Gasteiger partial charge in [0.25, 0.3) is 0 Å². The van der Waals surface area contributed by atoms with E-state index in [1.54, 1.807) is 15.0 Å². The van der Waals surface area contributed by atoms with Crippen molar-refractivity contribution in [2.75, 3.05) is 24.6 Å². The highest BCUT2D eigenvalue weighted by Gasteiger charge is 2.31. The molecule has 1 aliphatic heterocycles. The standard InChI is InChI=1S/C23H25BrN6O2S/c1-2-11-33(31,32)29-9-7-15(8-10-29)21-20(24)22(25)30-23(28-21)18(14-27-30)17-12-16-5-3-4-6-19(16)26-13-17/h3-6,12-15H,2,7-11,25H2,1H3. The number of para-hydroxylation sites is 1. The van der Waals surface area contributed by atoms with Crippen molar-refractivity contribution in [1.29, 1.82) is 0 Å². The molecule has 0 saturated carbocycles. The first-order valence-corrected chi connectivity index (χ1v) is 13.4. The lowest BCUT2D eigenvalue weighted by Gasteiger charge is -2.31.